The second-order valence-corrected chi connectivity index (χ2v) is 6.25. The van der Waals surface area contributed by atoms with Crippen molar-refractivity contribution in [1.82, 2.24) is 5.43 Å². The number of carbonyl (C=O) groups excluding carboxylic acids is 1. The van der Waals surface area contributed by atoms with E-state index in [2.05, 4.69) is 10.2 Å². The zero-order valence-electron chi connectivity index (χ0n) is 15.6. The summed E-state index contributed by atoms with van der Waals surface area (Å²) in [7, 11) is 0.816. The van der Waals surface area contributed by atoms with Gasteiger partial charge in [-0.05, 0) is 54.8 Å². The quantitative estimate of drug-likeness (QED) is 0.378. The number of hydrazine groups is 1. The lowest BCUT2D eigenvalue weighted by atomic mass is 9.87. The molecule has 8 nitrogen and oxygen atoms in total. The van der Waals surface area contributed by atoms with Gasteiger partial charge in [0.05, 0.1) is 12.0 Å². The predicted octanol–water partition coefficient (Wildman–Crippen LogP) is 3.46. The maximum atomic E-state index is 14.2. The molecule has 2 aromatic carbocycles. The van der Waals surface area contributed by atoms with Gasteiger partial charge in [0.1, 0.15) is 5.75 Å². The summed E-state index contributed by atoms with van der Waals surface area (Å²) in [4.78, 5) is 22.4. The molecule has 0 unspecified atom stereocenters. The highest BCUT2D eigenvalue weighted by Crippen LogP contribution is 2.42. The molecule has 0 fully saturated rings. The summed E-state index contributed by atoms with van der Waals surface area (Å²) in [5, 5.41) is 20.6. The number of non-ortho nitro benzene ring substituents is 1. The molecule has 3 N–H and O–H groups in total. The van der Waals surface area contributed by atoms with Crippen LogP contribution in [0, 0.1) is 24.0 Å². The zero-order valence-corrected chi connectivity index (χ0v) is 15.6. The van der Waals surface area contributed by atoms with Gasteiger partial charge in [0.15, 0.2) is 0 Å². The fourth-order valence-corrected chi connectivity index (χ4v) is 2.75. The Labute approximate surface area is 163 Å². The molecule has 0 spiro atoms. The molecule has 0 saturated carbocycles. The van der Waals surface area contributed by atoms with Crippen molar-refractivity contribution < 1.29 is 32.7 Å². The summed E-state index contributed by atoms with van der Waals surface area (Å²) in [5.74, 6) is -1.83. The Morgan fingerprint density at radius 2 is 1.66 bits per heavy atom. The number of nitrogens with zero attached hydrogens (tertiary/aromatic N) is 1. The molecule has 0 radical (unpaired) electrons. The fourth-order valence-electron chi connectivity index (χ4n) is 2.75. The summed E-state index contributed by atoms with van der Waals surface area (Å²) < 4.78 is 47.0. The zero-order chi connectivity index (χ0) is 22.0. The SMILES string of the molecule is COC(=O)[C@](NNc1ccc([N+](=O)[O-])cc1)(c1cc(C)c(O)c(C)c1)C(F)(F)F. The van der Waals surface area contributed by atoms with Gasteiger partial charge in [-0.15, -0.1) is 0 Å². The number of ether oxygens (including phenoxy) is 1. The molecule has 0 aliphatic heterocycles. The van der Waals surface area contributed by atoms with Crippen LogP contribution < -0.4 is 10.9 Å². The first-order chi connectivity index (χ1) is 13.4. The Kier molecular flexibility index (Phi) is 6.02. The molecule has 0 aliphatic rings. The van der Waals surface area contributed by atoms with Crippen LogP contribution in [0.2, 0.25) is 0 Å². The molecular formula is C18H18F3N3O5. The van der Waals surface area contributed by atoms with E-state index in [4.69, 9.17) is 0 Å². The number of esters is 1. The Morgan fingerprint density at radius 3 is 2.07 bits per heavy atom. The lowest BCUT2D eigenvalue weighted by Crippen LogP contribution is -2.61. The van der Waals surface area contributed by atoms with Crippen LogP contribution in [0.3, 0.4) is 0 Å². The predicted molar refractivity (Wildman–Crippen MR) is 97.2 cm³/mol. The van der Waals surface area contributed by atoms with Crippen molar-refractivity contribution in [2.75, 3.05) is 12.5 Å². The normalized spacial score (nSPS) is 13.4. The van der Waals surface area contributed by atoms with Gasteiger partial charge in [-0.3, -0.25) is 10.1 Å². The van der Waals surface area contributed by atoms with E-state index in [1.165, 1.54) is 26.0 Å². The maximum absolute atomic E-state index is 14.2. The molecule has 29 heavy (non-hydrogen) atoms. The highest BCUT2D eigenvalue weighted by Gasteiger charge is 2.63. The number of aryl methyl sites for hydroxylation is 2. The Bertz CT molecular complexity index is 908. The van der Waals surface area contributed by atoms with Crippen LogP contribution >= 0.6 is 0 Å². The van der Waals surface area contributed by atoms with Gasteiger partial charge in [-0.2, -0.15) is 13.2 Å². The van der Waals surface area contributed by atoms with Crippen LogP contribution in [-0.4, -0.2) is 29.3 Å². The van der Waals surface area contributed by atoms with Crippen molar-refractivity contribution in [3.63, 3.8) is 0 Å². The average molecular weight is 413 g/mol. The molecule has 0 bridgehead atoms. The summed E-state index contributed by atoms with van der Waals surface area (Å²) in [6.45, 7) is 2.79. The minimum atomic E-state index is -5.15. The number of phenolic OH excluding ortho intramolecular Hbond substituents is 1. The number of nitrogens with one attached hydrogen (secondary N) is 2. The molecule has 156 valence electrons. The highest BCUT2D eigenvalue weighted by molar-refractivity contribution is 5.84. The van der Waals surface area contributed by atoms with E-state index in [1.54, 1.807) is 0 Å². The highest BCUT2D eigenvalue weighted by atomic mass is 19.4. The summed E-state index contributed by atoms with van der Waals surface area (Å²) in [6, 6.07) is 6.58. The summed E-state index contributed by atoms with van der Waals surface area (Å²) in [5.41, 5.74) is 0.490. The number of halogens is 3. The summed E-state index contributed by atoms with van der Waals surface area (Å²) in [6.07, 6.45) is -5.15. The minimum absolute atomic E-state index is 0.0420. The third-order valence-corrected chi connectivity index (χ3v) is 4.31. The van der Waals surface area contributed by atoms with E-state index < -0.39 is 28.2 Å². The first kappa shape index (κ1) is 22.0. The number of aromatic hydroxyl groups is 1. The number of alkyl halides is 3. The third kappa shape index (κ3) is 4.09. The first-order valence-electron chi connectivity index (χ1n) is 8.17. The molecule has 0 aromatic heterocycles. The monoisotopic (exact) mass is 413 g/mol. The van der Waals surface area contributed by atoms with Crippen LogP contribution in [0.1, 0.15) is 16.7 Å². The van der Waals surface area contributed by atoms with Crippen LogP contribution in [0.25, 0.3) is 0 Å². The molecule has 2 aromatic rings. The van der Waals surface area contributed by atoms with Crippen molar-refractivity contribution in [3.05, 3.63) is 63.2 Å². The van der Waals surface area contributed by atoms with Crippen LogP contribution in [0.4, 0.5) is 24.5 Å². The van der Waals surface area contributed by atoms with Crippen molar-refractivity contribution >= 4 is 17.3 Å². The molecule has 2 rings (SSSR count). The van der Waals surface area contributed by atoms with Gasteiger partial charge < -0.3 is 15.3 Å². The second-order valence-electron chi connectivity index (χ2n) is 6.25. The first-order valence-corrected chi connectivity index (χ1v) is 8.17. The van der Waals surface area contributed by atoms with E-state index in [9.17, 15) is 33.2 Å². The van der Waals surface area contributed by atoms with Gasteiger partial charge in [0.25, 0.3) is 11.2 Å². The second kappa shape index (κ2) is 7.95. The van der Waals surface area contributed by atoms with E-state index in [0.29, 0.717) is 0 Å². The molecule has 11 heteroatoms. The number of carbonyl (C=O) groups is 1. The van der Waals surface area contributed by atoms with Gasteiger partial charge >= 0.3 is 12.1 Å². The van der Waals surface area contributed by atoms with Crippen molar-refractivity contribution in [1.29, 1.82) is 0 Å². The number of methoxy groups -OCH3 is 1. The largest absolute Gasteiger partial charge is 0.507 e. The number of phenols is 1. The van der Waals surface area contributed by atoms with Gasteiger partial charge in [0, 0.05) is 17.8 Å². The van der Waals surface area contributed by atoms with E-state index in [1.807, 2.05) is 5.43 Å². The third-order valence-electron chi connectivity index (χ3n) is 4.31. The fraction of sp³-hybridized carbons (Fsp3) is 0.278. The van der Waals surface area contributed by atoms with Gasteiger partial charge in [-0.1, -0.05) is 0 Å². The number of rotatable bonds is 6. The van der Waals surface area contributed by atoms with E-state index >= 15 is 0 Å². The molecule has 0 saturated heterocycles. The smallest absolute Gasteiger partial charge is 0.423 e. The number of hydrogen-bond donors (Lipinski definition) is 3. The van der Waals surface area contributed by atoms with Crippen molar-refractivity contribution in [2.45, 2.75) is 25.6 Å². The molecule has 0 amide bonds. The average Bonchev–Trinajstić information content (AvgIpc) is 2.65. The van der Waals surface area contributed by atoms with Crippen LogP contribution in [0.15, 0.2) is 36.4 Å². The van der Waals surface area contributed by atoms with Crippen molar-refractivity contribution in [3.8, 4) is 5.75 Å². The Balaban J connectivity index is 2.55. The van der Waals surface area contributed by atoms with E-state index in [0.717, 1.165) is 31.4 Å². The Hall–Kier alpha value is -3.34. The number of anilines is 1. The van der Waals surface area contributed by atoms with Crippen molar-refractivity contribution in [2.24, 2.45) is 0 Å². The number of nitro benzene ring substituents is 1. The topological polar surface area (TPSA) is 114 Å². The van der Waals surface area contributed by atoms with E-state index in [-0.39, 0.29) is 28.3 Å². The maximum Gasteiger partial charge on any atom is 0.423 e. The van der Waals surface area contributed by atoms with Crippen LogP contribution in [-0.2, 0) is 15.1 Å². The van der Waals surface area contributed by atoms with Gasteiger partial charge in [-0.25, -0.2) is 10.2 Å². The summed E-state index contributed by atoms with van der Waals surface area (Å²) >= 11 is 0. The Morgan fingerprint density at radius 1 is 1.14 bits per heavy atom. The molecule has 0 aliphatic carbocycles. The van der Waals surface area contributed by atoms with Gasteiger partial charge in [0.2, 0.25) is 0 Å². The lowest BCUT2D eigenvalue weighted by molar-refractivity contribution is -0.384. The number of hydrogen-bond acceptors (Lipinski definition) is 7. The number of benzene rings is 2. The molecular weight excluding hydrogens is 395 g/mol. The number of nitro groups is 1. The standard InChI is InChI=1S/C18H18F3N3O5/c1-10-8-12(9-11(2)15(10)25)17(16(26)29-3,18(19,20)21)23-22-13-4-6-14(7-5-13)24(27)28/h4-9,22-23,25H,1-3H3/t17-/m1/s1. The lowest BCUT2D eigenvalue weighted by Gasteiger charge is -2.35. The molecule has 0 heterocycles. The molecule has 1 atom stereocenters. The van der Waals surface area contributed by atoms with Crippen LogP contribution in [0.5, 0.6) is 5.75 Å². The minimum Gasteiger partial charge on any atom is -0.507 e.